The Hall–Kier alpha value is -2.80. The van der Waals surface area contributed by atoms with Gasteiger partial charge in [0, 0.05) is 12.8 Å². The van der Waals surface area contributed by atoms with E-state index in [1.807, 2.05) is 0 Å². The van der Waals surface area contributed by atoms with Gasteiger partial charge in [0.05, 0.1) is 19.8 Å². The van der Waals surface area contributed by atoms with Crippen molar-refractivity contribution in [3.63, 3.8) is 0 Å². The molecule has 2 saturated heterocycles. The van der Waals surface area contributed by atoms with Crippen LogP contribution in [0.2, 0.25) is 0 Å². The van der Waals surface area contributed by atoms with Gasteiger partial charge in [-0.15, -0.1) is 0 Å². The first-order valence-electron chi connectivity index (χ1n) is 26.9. The van der Waals surface area contributed by atoms with Crippen LogP contribution in [0, 0.1) is 0 Å². The number of carbonyl (C=O) groups is 2. The molecule has 2 aliphatic heterocycles. The maximum Gasteiger partial charge on any atom is 0.306 e. The van der Waals surface area contributed by atoms with Crippen LogP contribution in [-0.4, -0.2) is 142 Å². The number of hydrogen-bond donors (Lipinski definition) is 7. The molecule has 7 N–H and O–H groups in total. The van der Waals surface area contributed by atoms with Gasteiger partial charge in [-0.1, -0.05) is 152 Å². The first-order chi connectivity index (χ1) is 34.0. The van der Waals surface area contributed by atoms with Crippen molar-refractivity contribution in [2.45, 2.75) is 248 Å². The number of aliphatic hydroxyl groups is 7. The summed E-state index contributed by atoms with van der Waals surface area (Å²) in [7, 11) is 0. The molecule has 2 rings (SSSR count). The van der Waals surface area contributed by atoms with Crippen LogP contribution in [0.25, 0.3) is 0 Å². The molecule has 4 unspecified atom stereocenters. The molecule has 0 spiro atoms. The Kier molecular flexibility index (Phi) is 37.7. The highest BCUT2D eigenvalue weighted by atomic mass is 16.7. The minimum Gasteiger partial charge on any atom is -0.462 e. The molecular formula is C55H94O15. The van der Waals surface area contributed by atoms with E-state index in [4.69, 9.17) is 28.4 Å². The Bertz CT molecular complexity index is 1450. The maximum atomic E-state index is 13.0. The van der Waals surface area contributed by atoms with E-state index in [1.165, 1.54) is 57.8 Å². The SMILES string of the molecule is CC/C=C/C/C=C/C/C=C/CCCCCCCC(=O)O[C@@H](COC(=O)CCCCCCCCCCC/C=C/C/C=C/CCCCC)CO[C@@H]1O[C@H](CO[C@@H]2O[C@H](CO)[C@H](O)C(O)C2O)[C@H](O)C(O)C1O. The molecule has 0 amide bonds. The molecule has 2 aliphatic rings. The summed E-state index contributed by atoms with van der Waals surface area (Å²) < 4.78 is 33.6. The normalized spacial score (nSPS) is 25.8. The standard InChI is InChI=1S/C55H94O15/c1-3-5-7-9-11-13-15-17-19-20-21-22-24-25-27-29-31-33-35-37-46(57)65-40-43(68-47(58)38-36-34-32-30-28-26-23-18-16-14-12-10-8-6-4-2)41-66-54-53(64)51(62)49(60)45(70-54)42-67-55-52(63)50(61)48(59)44(39-56)69-55/h6,8,11-14,17-19,23,43-45,48-56,59-64H,3-5,7,9-10,15-16,20-22,24-42H2,1-2H3/b8-6+,13-11+,14-12+,19-17+,23-18+/t43-,44+,45+,48-,49-,50?,51?,52?,53?,54+,55+/m0/s1. The highest BCUT2D eigenvalue weighted by molar-refractivity contribution is 5.70. The van der Waals surface area contributed by atoms with Crippen molar-refractivity contribution >= 4 is 11.9 Å². The van der Waals surface area contributed by atoms with E-state index in [2.05, 4.69) is 74.6 Å². The van der Waals surface area contributed by atoms with Crippen molar-refractivity contribution in [1.82, 2.24) is 0 Å². The van der Waals surface area contributed by atoms with Crippen molar-refractivity contribution in [1.29, 1.82) is 0 Å². The lowest BCUT2D eigenvalue weighted by molar-refractivity contribution is -0.332. The van der Waals surface area contributed by atoms with Gasteiger partial charge in [0.25, 0.3) is 0 Å². The number of hydrogen-bond acceptors (Lipinski definition) is 15. The van der Waals surface area contributed by atoms with E-state index in [-0.39, 0.29) is 19.4 Å². The summed E-state index contributed by atoms with van der Waals surface area (Å²) >= 11 is 0. The zero-order valence-electron chi connectivity index (χ0n) is 42.7. The second-order valence-electron chi connectivity index (χ2n) is 18.7. The van der Waals surface area contributed by atoms with E-state index in [1.54, 1.807) is 0 Å². The fraction of sp³-hybridized carbons (Fsp3) is 0.782. The zero-order chi connectivity index (χ0) is 51.0. The molecule has 2 fully saturated rings. The van der Waals surface area contributed by atoms with Gasteiger partial charge in [-0.3, -0.25) is 9.59 Å². The van der Waals surface area contributed by atoms with Crippen LogP contribution in [0.5, 0.6) is 0 Å². The Morgan fingerprint density at radius 1 is 0.471 bits per heavy atom. The quantitative estimate of drug-likeness (QED) is 0.0175. The fourth-order valence-electron chi connectivity index (χ4n) is 8.08. The number of allylic oxidation sites excluding steroid dienone is 10. The van der Waals surface area contributed by atoms with Crippen molar-refractivity contribution < 1.29 is 73.8 Å². The first kappa shape index (κ1) is 63.3. The van der Waals surface area contributed by atoms with Gasteiger partial charge >= 0.3 is 11.9 Å². The molecule has 70 heavy (non-hydrogen) atoms. The van der Waals surface area contributed by atoms with Gasteiger partial charge in [-0.2, -0.15) is 0 Å². The Morgan fingerprint density at radius 3 is 1.41 bits per heavy atom. The largest absolute Gasteiger partial charge is 0.462 e. The van der Waals surface area contributed by atoms with Gasteiger partial charge in [-0.25, -0.2) is 0 Å². The van der Waals surface area contributed by atoms with Crippen LogP contribution in [0.1, 0.15) is 181 Å². The van der Waals surface area contributed by atoms with E-state index in [0.717, 1.165) is 83.5 Å². The van der Waals surface area contributed by atoms with E-state index in [9.17, 15) is 45.3 Å². The molecule has 15 heteroatoms. The minimum absolute atomic E-state index is 0.143. The van der Waals surface area contributed by atoms with Crippen LogP contribution in [0.3, 0.4) is 0 Å². The zero-order valence-corrected chi connectivity index (χ0v) is 42.7. The Labute approximate surface area is 420 Å². The summed E-state index contributed by atoms with van der Waals surface area (Å²) in [4.78, 5) is 25.8. The lowest BCUT2D eigenvalue weighted by Crippen LogP contribution is -2.61. The third kappa shape index (κ3) is 29.0. The highest BCUT2D eigenvalue weighted by Crippen LogP contribution is 2.26. The first-order valence-corrected chi connectivity index (χ1v) is 26.9. The van der Waals surface area contributed by atoms with E-state index in [0.29, 0.717) is 12.8 Å². The van der Waals surface area contributed by atoms with Crippen molar-refractivity contribution in [3.8, 4) is 0 Å². The van der Waals surface area contributed by atoms with Crippen molar-refractivity contribution in [2.75, 3.05) is 26.4 Å². The molecule has 0 saturated carbocycles. The number of ether oxygens (including phenoxy) is 6. The number of carbonyl (C=O) groups excluding carboxylic acids is 2. The van der Waals surface area contributed by atoms with Crippen LogP contribution < -0.4 is 0 Å². The summed E-state index contributed by atoms with van der Waals surface area (Å²) in [6.07, 6.45) is 31.0. The predicted molar refractivity (Wildman–Crippen MR) is 270 cm³/mol. The predicted octanol–water partition coefficient (Wildman–Crippen LogP) is 8.05. The van der Waals surface area contributed by atoms with Gasteiger partial charge in [-0.05, 0) is 77.0 Å². The topological polar surface area (TPSA) is 231 Å². The summed E-state index contributed by atoms with van der Waals surface area (Å²) in [6, 6.07) is 0. The van der Waals surface area contributed by atoms with E-state index < -0.39 is 99.3 Å². The average molecular weight is 995 g/mol. The average Bonchev–Trinajstić information content (AvgIpc) is 3.35. The third-order valence-corrected chi connectivity index (χ3v) is 12.5. The molecule has 0 aromatic heterocycles. The van der Waals surface area contributed by atoms with Crippen molar-refractivity contribution in [3.05, 3.63) is 60.8 Å². The summed E-state index contributed by atoms with van der Waals surface area (Å²) in [5, 5.41) is 72.1. The minimum atomic E-state index is -1.77. The smallest absolute Gasteiger partial charge is 0.306 e. The molecule has 0 radical (unpaired) electrons. The Morgan fingerprint density at radius 2 is 0.900 bits per heavy atom. The molecule has 0 aliphatic carbocycles. The second-order valence-corrected chi connectivity index (χ2v) is 18.7. The number of esters is 2. The van der Waals surface area contributed by atoms with Gasteiger partial charge in [0.1, 0.15) is 55.4 Å². The molecule has 0 bridgehead atoms. The molecule has 404 valence electrons. The van der Waals surface area contributed by atoms with Crippen LogP contribution in [-0.2, 0) is 38.0 Å². The fourth-order valence-corrected chi connectivity index (χ4v) is 8.08. The van der Waals surface area contributed by atoms with Crippen LogP contribution >= 0.6 is 0 Å². The third-order valence-electron chi connectivity index (χ3n) is 12.5. The summed E-state index contributed by atoms with van der Waals surface area (Å²) in [6.45, 7) is 2.43. The molecule has 11 atom stereocenters. The lowest BCUT2D eigenvalue weighted by Gasteiger charge is -2.42. The van der Waals surface area contributed by atoms with Gasteiger partial charge in [0.15, 0.2) is 18.7 Å². The number of rotatable bonds is 41. The van der Waals surface area contributed by atoms with Crippen molar-refractivity contribution in [2.24, 2.45) is 0 Å². The molecule has 2 heterocycles. The van der Waals surface area contributed by atoms with Gasteiger partial charge < -0.3 is 64.2 Å². The maximum absolute atomic E-state index is 13.0. The molecular weight excluding hydrogens is 901 g/mol. The molecule has 15 nitrogen and oxygen atoms in total. The second kappa shape index (κ2) is 41.6. The summed E-state index contributed by atoms with van der Waals surface area (Å²) in [5.74, 6) is -0.951. The summed E-state index contributed by atoms with van der Waals surface area (Å²) in [5.41, 5.74) is 0. The monoisotopic (exact) mass is 995 g/mol. The van der Waals surface area contributed by atoms with Crippen LogP contribution in [0.4, 0.5) is 0 Å². The Balaban J connectivity index is 1.79. The lowest BCUT2D eigenvalue weighted by atomic mass is 9.98. The highest BCUT2D eigenvalue weighted by Gasteiger charge is 2.47. The molecule has 0 aromatic carbocycles. The number of unbranched alkanes of at least 4 members (excludes halogenated alkanes) is 17. The van der Waals surface area contributed by atoms with Gasteiger partial charge in [0.2, 0.25) is 0 Å². The number of aliphatic hydroxyl groups excluding tert-OH is 7. The van der Waals surface area contributed by atoms with E-state index >= 15 is 0 Å². The van der Waals surface area contributed by atoms with Crippen LogP contribution in [0.15, 0.2) is 60.8 Å². The molecule has 0 aromatic rings.